The van der Waals surface area contributed by atoms with Gasteiger partial charge in [-0.05, 0) is 19.9 Å². The molecule has 1 fully saturated rings. The standard InChI is InChI=1S/C10H18N2O3/c1-3-4-12-6-7(2)11-10(15)8(12)5-9(13)14/h7-8H,3-6H2,1-2H3,(H,11,15)(H,13,14). The minimum Gasteiger partial charge on any atom is -0.481 e. The summed E-state index contributed by atoms with van der Waals surface area (Å²) in [5.41, 5.74) is 0. The molecule has 0 aromatic rings. The molecule has 1 amide bonds. The third kappa shape index (κ3) is 3.20. The Balaban J connectivity index is 2.68. The van der Waals surface area contributed by atoms with Crippen molar-refractivity contribution in [2.75, 3.05) is 13.1 Å². The number of rotatable bonds is 4. The van der Waals surface area contributed by atoms with E-state index in [1.165, 1.54) is 0 Å². The van der Waals surface area contributed by atoms with Gasteiger partial charge in [-0.2, -0.15) is 0 Å². The Hall–Kier alpha value is -1.10. The van der Waals surface area contributed by atoms with E-state index in [1.807, 2.05) is 18.7 Å². The van der Waals surface area contributed by atoms with Gasteiger partial charge < -0.3 is 10.4 Å². The van der Waals surface area contributed by atoms with Crippen molar-refractivity contribution in [3.8, 4) is 0 Å². The molecule has 0 bridgehead atoms. The Morgan fingerprint density at radius 3 is 2.87 bits per heavy atom. The van der Waals surface area contributed by atoms with Crippen LogP contribution in [0.5, 0.6) is 0 Å². The number of carbonyl (C=O) groups excluding carboxylic acids is 1. The number of amides is 1. The normalized spacial score (nSPS) is 27.5. The highest BCUT2D eigenvalue weighted by molar-refractivity contribution is 5.87. The molecule has 1 aliphatic rings. The molecular weight excluding hydrogens is 196 g/mol. The summed E-state index contributed by atoms with van der Waals surface area (Å²) in [6.07, 6.45) is 0.814. The topological polar surface area (TPSA) is 69.6 Å². The summed E-state index contributed by atoms with van der Waals surface area (Å²) in [7, 11) is 0. The minimum atomic E-state index is -0.925. The van der Waals surface area contributed by atoms with Gasteiger partial charge in [0.1, 0.15) is 0 Å². The zero-order valence-corrected chi connectivity index (χ0v) is 9.19. The summed E-state index contributed by atoms with van der Waals surface area (Å²) in [6, 6.07) is -0.396. The van der Waals surface area contributed by atoms with Crippen molar-refractivity contribution in [3.05, 3.63) is 0 Å². The van der Waals surface area contributed by atoms with Crippen LogP contribution >= 0.6 is 0 Å². The third-order valence-electron chi connectivity index (χ3n) is 2.52. The van der Waals surface area contributed by atoms with Crippen LogP contribution in [0.1, 0.15) is 26.7 Å². The second-order valence-corrected chi connectivity index (χ2v) is 4.02. The number of piperazine rings is 1. The number of hydrogen-bond donors (Lipinski definition) is 2. The Bertz CT molecular complexity index is 255. The monoisotopic (exact) mass is 214 g/mol. The lowest BCUT2D eigenvalue weighted by Crippen LogP contribution is -2.59. The molecule has 5 nitrogen and oxygen atoms in total. The van der Waals surface area contributed by atoms with Gasteiger partial charge in [-0.15, -0.1) is 0 Å². The molecule has 86 valence electrons. The number of aliphatic carboxylic acids is 1. The number of carboxylic acids is 1. The van der Waals surface area contributed by atoms with Gasteiger partial charge in [0.05, 0.1) is 12.5 Å². The lowest BCUT2D eigenvalue weighted by molar-refractivity contribution is -0.143. The molecule has 0 saturated carbocycles. The maximum absolute atomic E-state index is 11.6. The summed E-state index contributed by atoms with van der Waals surface area (Å²) in [5.74, 6) is -1.09. The number of hydrogen-bond acceptors (Lipinski definition) is 3. The number of carboxylic acid groups (broad SMARTS) is 1. The van der Waals surface area contributed by atoms with Crippen LogP contribution in [0.2, 0.25) is 0 Å². The first-order valence-corrected chi connectivity index (χ1v) is 5.30. The van der Waals surface area contributed by atoms with E-state index < -0.39 is 12.0 Å². The molecule has 0 aromatic carbocycles. The van der Waals surface area contributed by atoms with E-state index in [1.54, 1.807) is 0 Å². The van der Waals surface area contributed by atoms with Gasteiger partial charge in [0, 0.05) is 12.6 Å². The van der Waals surface area contributed by atoms with Gasteiger partial charge in [-0.25, -0.2) is 0 Å². The van der Waals surface area contributed by atoms with Crippen LogP contribution in [-0.2, 0) is 9.59 Å². The molecule has 2 atom stereocenters. The largest absolute Gasteiger partial charge is 0.481 e. The second kappa shape index (κ2) is 5.11. The molecule has 0 spiro atoms. The van der Waals surface area contributed by atoms with E-state index in [9.17, 15) is 9.59 Å². The lowest BCUT2D eigenvalue weighted by atomic mass is 10.1. The van der Waals surface area contributed by atoms with E-state index in [4.69, 9.17) is 5.11 Å². The smallest absolute Gasteiger partial charge is 0.305 e. The van der Waals surface area contributed by atoms with E-state index in [2.05, 4.69) is 5.32 Å². The van der Waals surface area contributed by atoms with Gasteiger partial charge in [0.15, 0.2) is 0 Å². The summed E-state index contributed by atoms with van der Waals surface area (Å²) in [4.78, 5) is 24.2. The summed E-state index contributed by atoms with van der Waals surface area (Å²) in [6.45, 7) is 5.46. The molecule has 0 radical (unpaired) electrons. The van der Waals surface area contributed by atoms with Crippen LogP contribution in [-0.4, -0.2) is 47.1 Å². The van der Waals surface area contributed by atoms with Crippen molar-refractivity contribution >= 4 is 11.9 Å². The van der Waals surface area contributed by atoms with Gasteiger partial charge in [0.2, 0.25) is 5.91 Å². The zero-order chi connectivity index (χ0) is 11.4. The van der Waals surface area contributed by atoms with Gasteiger partial charge in [-0.1, -0.05) is 6.92 Å². The molecule has 5 heteroatoms. The molecule has 1 saturated heterocycles. The first-order chi connectivity index (χ1) is 7.04. The maximum atomic E-state index is 11.6. The van der Waals surface area contributed by atoms with E-state index in [0.29, 0.717) is 0 Å². The molecule has 1 aliphatic heterocycles. The lowest BCUT2D eigenvalue weighted by Gasteiger charge is -2.37. The number of nitrogens with zero attached hydrogens (tertiary/aromatic N) is 1. The summed E-state index contributed by atoms with van der Waals surface area (Å²) in [5, 5.41) is 11.5. The molecular formula is C10H18N2O3. The van der Waals surface area contributed by atoms with E-state index in [-0.39, 0.29) is 18.4 Å². The Morgan fingerprint density at radius 2 is 2.33 bits per heavy atom. The molecule has 2 N–H and O–H groups in total. The SMILES string of the molecule is CCCN1CC(C)NC(=O)C1CC(=O)O. The Labute approximate surface area is 89.4 Å². The first-order valence-electron chi connectivity index (χ1n) is 5.30. The first kappa shape index (κ1) is 12.0. The summed E-state index contributed by atoms with van der Waals surface area (Å²) < 4.78 is 0. The van der Waals surface area contributed by atoms with Crippen molar-refractivity contribution in [2.24, 2.45) is 0 Å². The Morgan fingerprint density at radius 1 is 1.67 bits per heavy atom. The molecule has 0 aliphatic carbocycles. The van der Waals surface area contributed by atoms with Crippen molar-refractivity contribution in [1.82, 2.24) is 10.2 Å². The predicted molar refractivity (Wildman–Crippen MR) is 55.5 cm³/mol. The third-order valence-corrected chi connectivity index (χ3v) is 2.52. The van der Waals surface area contributed by atoms with Crippen LogP contribution in [0.15, 0.2) is 0 Å². The highest BCUT2D eigenvalue weighted by Gasteiger charge is 2.33. The fourth-order valence-corrected chi connectivity index (χ4v) is 1.95. The molecule has 1 heterocycles. The highest BCUT2D eigenvalue weighted by atomic mass is 16.4. The highest BCUT2D eigenvalue weighted by Crippen LogP contribution is 2.12. The summed E-state index contributed by atoms with van der Waals surface area (Å²) >= 11 is 0. The van der Waals surface area contributed by atoms with Gasteiger partial charge in [-0.3, -0.25) is 14.5 Å². The fourth-order valence-electron chi connectivity index (χ4n) is 1.95. The van der Waals surface area contributed by atoms with Crippen LogP contribution < -0.4 is 5.32 Å². The van der Waals surface area contributed by atoms with Crippen molar-refractivity contribution in [2.45, 2.75) is 38.8 Å². The maximum Gasteiger partial charge on any atom is 0.305 e. The predicted octanol–water partition coefficient (Wildman–Crippen LogP) is 0.0600. The van der Waals surface area contributed by atoms with Crippen LogP contribution in [0.3, 0.4) is 0 Å². The van der Waals surface area contributed by atoms with Crippen LogP contribution in [0.25, 0.3) is 0 Å². The van der Waals surface area contributed by atoms with Crippen molar-refractivity contribution in [1.29, 1.82) is 0 Å². The number of nitrogens with one attached hydrogen (secondary N) is 1. The minimum absolute atomic E-state index is 0.106. The number of carbonyl (C=O) groups is 2. The average molecular weight is 214 g/mol. The quantitative estimate of drug-likeness (QED) is 0.694. The van der Waals surface area contributed by atoms with E-state index in [0.717, 1.165) is 19.5 Å². The van der Waals surface area contributed by atoms with Gasteiger partial charge in [0.25, 0.3) is 0 Å². The molecule has 15 heavy (non-hydrogen) atoms. The molecule has 1 rings (SSSR count). The average Bonchev–Trinajstić information content (AvgIpc) is 2.11. The second-order valence-electron chi connectivity index (χ2n) is 4.02. The zero-order valence-electron chi connectivity index (χ0n) is 9.19. The van der Waals surface area contributed by atoms with Crippen LogP contribution in [0, 0.1) is 0 Å². The molecule has 2 unspecified atom stereocenters. The van der Waals surface area contributed by atoms with Crippen molar-refractivity contribution < 1.29 is 14.7 Å². The van der Waals surface area contributed by atoms with Gasteiger partial charge >= 0.3 is 5.97 Å². The fraction of sp³-hybridized carbons (Fsp3) is 0.800. The van der Waals surface area contributed by atoms with Crippen molar-refractivity contribution in [3.63, 3.8) is 0 Å². The molecule has 0 aromatic heterocycles. The van der Waals surface area contributed by atoms with E-state index >= 15 is 0 Å². The Kier molecular flexibility index (Phi) is 4.08. The van der Waals surface area contributed by atoms with Crippen LogP contribution in [0.4, 0.5) is 0 Å².